The number of aliphatic carboxylic acids is 1. The van der Waals surface area contributed by atoms with Crippen LogP contribution in [0.1, 0.15) is 18.4 Å². The minimum absolute atomic E-state index is 0. The molecule has 158 valence electrons. The molecule has 2 fully saturated rings. The summed E-state index contributed by atoms with van der Waals surface area (Å²) in [6, 6.07) is 7.44. The molecule has 2 aliphatic rings. The fourth-order valence-electron chi connectivity index (χ4n) is 3.93. The number of hydrogen-bond acceptors (Lipinski definition) is 4. The molecule has 0 aliphatic carbocycles. The van der Waals surface area contributed by atoms with Gasteiger partial charge in [-0.3, -0.25) is 14.5 Å². The van der Waals surface area contributed by atoms with Gasteiger partial charge in [-0.05, 0) is 43.6 Å². The zero-order valence-electron chi connectivity index (χ0n) is 15.8. The predicted octanol–water partition coefficient (Wildman–Crippen LogP) is 2.42. The first-order valence-corrected chi connectivity index (χ1v) is 9.59. The maximum absolute atomic E-state index is 12.9. The van der Waals surface area contributed by atoms with Crippen LogP contribution in [0.2, 0.25) is 5.02 Å². The fraction of sp³-hybridized carbons (Fsp3) is 0.579. The summed E-state index contributed by atoms with van der Waals surface area (Å²) in [4.78, 5) is 30.2. The lowest BCUT2D eigenvalue weighted by atomic mass is 10.1. The number of carboxylic acid groups (broad SMARTS) is 1. The van der Waals surface area contributed by atoms with E-state index in [1.54, 1.807) is 6.07 Å². The van der Waals surface area contributed by atoms with Crippen LogP contribution in [0.15, 0.2) is 24.3 Å². The molecule has 1 aromatic carbocycles. The SMILES string of the molecule is Cl.Cl.O=C(O)CN1CCN(C(=O)Cc2cccc(Cl)c2)[C@H](CN2CCCC2)C1. The Labute approximate surface area is 183 Å². The van der Waals surface area contributed by atoms with Gasteiger partial charge in [0.25, 0.3) is 0 Å². The van der Waals surface area contributed by atoms with E-state index >= 15 is 0 Å². The lowest BCUT2D eigenvalue weighted by Crippen LogP contribution is -2.59. The summed E-state index contributed by atoms with van der Waals surface area (Å²) in [6.07, 6.45) is 2.72. The average Bonchev–Trinajstić information content (AvgIpc) is 3.07. The van der Waals surface area contributed by atoms with Crippen LogP contribution in [0.5, 0.6) is 0 Å². The van der Waals surface area contributed by atoms with Gasteiger partial charge in [0, 0.05) is 31.2 Å². The average molecular weight is 453 g/mol. The van der Waals surface area contributed by atoms with Crippen LogP contribution in [0.25, 0.3) is 0 Å². The third kappa shape index (κ3) is 7.08. The maximum Gasteiger partial charge on any atom is 0.317 e. The van der Waals surface area contributed by atoms with E-state index in [0.29, 0.717) is 31.1 Å². The molecule has 2 heterocycles. The summed E-state index contributed by atoms with van der Waals surface area (Å²) in [5, 5.41) is 9.72. The number of piperazine rings is 1. The van der Waals surface area contributed by atoms with Crippen LogP contribution >= 0.6 is 36.4 Å². The van der Waals surface area contributed by atoms with Gasteiger partial charge in [-0.25, -0.2) is 0 Å². The van der Waals surface area contributed by atoms with Gasteiger partial charge < -0.3 is 14.9 Å². The van der Waals surface area contributed by atoms with Gasteiger partial charge in [0.2, 0.25) is 5.91 Å². The number of rotatable bonds is 6. The van der Waals surface area contributed by atoms with Crippen molar-refractivity contribution in [3.05, 3.63) is 34.9 Å². The van der Waals surface area contributed by atoms with E-state index in [0.717, 1.165) is 25.2 Å². The molecule has 2 aliphatic heterocycles. The number of halogens is 3. The Morgan fingerprint density at radius 3 is 2.43 bits per heavy atom. The molecule has 2 saturated heterocycles. The van der Waals surface area contributed by atoms with Crippen molar-refractivity contribution >= 4 is 48.3 Å². The maximum atomic E-state index is 12.9. The number of likely N-dealkylation sites (tertiary alicyclic amines) is 1. The van der Waals surface area contributed by atoms with Crippen molar-refractivity contribution in [3.8, 4) is 0 Å². The van der Waals surface area contributed by atoms with Crippen LogP contribution < -0.4 is 0 Å². The Hall–Kier alpha value is -1.05. The Balaban J connectivity index is 0.00000196. The largest absolute Gasteiger partial charge is 0.480 e. The van der Waals surface area contributed by atoms with Gasteiger partial charge in [-0.1, -0.05) is 23.7 Å². The highest BCUT2D eigenvalue weighted by molar-refractivity contribution is 6.30. The van der Waals surface area contributed by atoms with Crippen LogP contribution in [-0.4, -0.2) is 83.5 Å². The molecule has 6 nitrogen and oxygen atoms in total. The zero-order valence-corrected chi connectivity index (χ0v) is 18.1. The van der Waals surface area contributed by atoms with Crippen molar-refractivity contribution in [2.24, 2.45) is 0 Å². The smallest absolute Gasteiger partial charge is 0.317 e. The normalized spacial score (nSPS) is 20.3. The predicted molar refractivity (Wildman–Crippen MR) is 115 cm³/mol. The molecule has 0 unspecified atom stereocenters. The minimum Gasteiger partial charge on any atom is -0.480 e. The molecule has 28 heavy (non-hydrogen) atoms. The van der Waals surface area contributed by atoms with Crippen molar-refractivity contribution in [3.63, 3.8) is 0 Å². The third-order valence-electron chi connectivity index (χ3n) is 5.16. The molecular weight excluding hydrogens is 425 g/mol. The van der Waals surface area contributed by atoms with E-state index in [1.807, 2.05) is 28.0 Å². The fourth-order valence-corrected chi connectivity index (χ4v) is 4.14. The molecule has 9 heteroatoms. The summed E-state index contributed by atoms with van der Waals surface area (Å²) in [5.74, 6) is -0.727. The molecule has 0 radical (unpaired) electrons. The quantitative estimate of drug-likeness (QED) is 0.718. The number of hydrogen-bond donors (Lipinski definition) is 1. The van der Waals surface area contributed by atoms with E-state index < -0.39 is 5.97 Å². The van der Waals surface area contributed by atoms with E-state index in [1.165, 1.54) is 12.8 Å². The van der Waals surface area contributed by atoms with Crippen molar-refractivity contribution in [1.82, 2.24) is 14.7 Å². The van der Waals surface area contributed by atoms with Crippen LogP contribution in [0.3, 0.4) is 0 Å². The summed E-state index contributed by atoms with van der Waals surface area (Å²) in [7, 11) is 0. The number of benzene rings is 1. The lowest BCUT2D eigenvalue weighted by molar-refractivity contribution is -0.141. The zero-order chi connectivity index (χ0) is 18.5. The van der Waals surface area contributed by atoms with Crippen molar-refractivity contribution in [1.29, 1.82) is 0 Å². The lowest BCUT2D eigenvalue weighted by Gasteiger charge is -2.42. The second-order valence-corrected chi connectivity index (χ2v) is 7.62. The van der Waals surface area contributed by atoms with Gasteiger partial charge in [-0.2, -0.15) is 0 Å². The first-order valence-electron chi connectivity index (χ1n) is 9.21. The van der Waals surface area contributed by atoms with Gasteiger partial charge in [0.1, 0.15) is 0 Å². The van der Waals surface area contributed by atoms with Gasteiger partial charge in [-0.15, -0.1) is 24.8 Å². The number of carboxylic acids is 1. The van der Waals surface area contributed by atoms with Gasteiger partial charge in [0.15, 0.2) is 0 Å². The molecule has 0 spiro atoms. The first kappa shape index (κ1) is 25.0. The highest BCUT2D eigenvalue weighted by Crippen LogP contribution is 2.18. The molecule has 1 N–H and O–H groups in total. The summed E-state index contributed by atoms with van der Waals surface area (Å²) in [5.41, 5.74) is 0.912. The Kier molecular flexibility index (Phi) is 10.6. The Morgan fingerprint density at radius 2 is 1.79 bits per heavy atom. The molecule has 1 aromatic rings. The summed E-state index contributed by atoms with van der Waals surface area (Å²) >= 11 is 6.03. The number of amides is 1. The first-order chi connectivity index (χ1) is 12.5. The van der Waals surface area contributed by atoms with E-state index in [4.69, 9.17) is 16.7 Å². The third-order valence-corrected chi connectivity index (χ3v) is 5.39. The van der Waals surface area contributed by atoms with Crippen molar-refractivity contribution in [2.75, 3.05) is 45.8 Å². The standard InChI is InChI=1S/C19H26ClN3O3.2ClH/c20-16-5-3-4-15(10-16)11-18(24)23-9-8-22(14-19(25)26)13-17(23)12-21-6-1-2-7-21;;/h3-5,10,17H,1-2,6-9,11-14H2,(H,25,26);2*1H/t17-;;/m1../s1. The number of carbonyl (C=O) groups is 2. The second-order valence-electron chi connectivity index (χ2n) is 7.18. The molecule has 0 bridgehead atoms. The monoisotopic (exact) mass is 451 g/mol. The molecule has 0 aromatic heterocycles. The molecule has 1 amide bonds. The summed E-state index contributed by atoms with van der Waals surface area (Å²) in [6.45, 7) is 4.76. The van der Waals surface area contributed by atoms with Crippen LogP contribution in [0, 0.1) is 0 Å². The van der Waals surface area contributed by atoms with Gasteiger partial charge in [0.05, 0.1) is 19.0 Å². The molecule has 1 atom stereocenters. The Bertz CT molecular complexity index is 656. The minimum atomic E-state index is -0.816. The highest BCUT2D eigenvalue weighted by Gasteiger charge is 2.32. The van der Waals surface area contributed by atoms with Crippen molar-refractivity contribution in [2.45, 2.75) is 25.3 Å². The van der Waals surface area contributed by atoms with Crippen LogP contribution in [0.4, 0.5) is 0 Å². The van der Waals surface area contributed by atoms with Gasteiger partial charge >= 0.3 is 5.97 Å². The molecule has 3 rings (SSSR count). The highest BCUT2D eigenvalue weighted by atomic mass is 35.5. The van der Waals surface area contributed by atoms with Crippen molar-refractivity contribution < 1.29 is 14.7 Å². The summed E-state index contributed by atoms with van der Waals surface area (Å²) < 4.78 is 0. The Morgan fingerprint density at radius 1 is 1.07 bits per heavy atom. The number of carbonyl (C=O) groups excluding carboxylic acids is 1. The molecule has 0 saturated carbocycles. The van der Waals surface area contributed by atoms with E-state index in [-0.39, 0.29) is 43.3 Å². The van der Waals surface area contributed by atoms with Crippen LogP contribution in [-0.2, 0) is 16.0 Å². The molecular formula is C19H28Cl3N3O3. The second kappa shape index (κ2) is 11.8. The topological polar surface area (TPSA) is 64.1 Å². The van der Waals surface area contributed by atoms with E-state index in [2.05, 4.69) is 4.90 Å². The number of nitrogens with zero attached hydrogens (tertiary/aromatic N) is 3. The van der Waals surface area contributed by atoms with E-state index in [9.17, 15) is 9.59 Å².